The van der Waals surface area contributed by atoms with Crippen LogP contribution in [0, 0.1) is 5.92 Å². The smallest absolute Gasteiger partial charge is 0.230 e. The number of hydrogen-bond acceptors (Lipinski definition) is 3. The number of aliphatic hydroxyl groups is 1. The highest BCUT2D eigenvalue weighted by Crippen LogP contribution is 2.22. The first-order valence-corrected chi connectivity index (χ1v) is 7.39. The van der Waals surface area contributed by atoms with Gasteiger partial charge in [0.05, 0.1) is 5.75 Å². The Balaban J connectivity index is 3.79. The summed E-state index contributed by atoms with van der Waals surface area (Å²) in [5.41, 5.74) is 0. The van der Waals surface area contributed by atoms with Gasteiger partial charge in [0.15, 0.2) is 0 Å². The summed E-state index contributed by atoms with van der Waals surface area (Å²) in [6.07, 6.45) is 2.94. The number of rotatable bonds is 8. The van der Waals surface area contributed by atoms with Crippen molar-refractivity contribution in [1.82, 2.24) is 5.32 Å². The topological polar surface area (TPSA) is 49.3 Å². The molecule has 1 amide bonds. The van der Waals surface area contributed by atoms with Crippen LogP contribution in [0.5, 0.6) is 0 Å². The Morgan fingerprint density at radius 1 is 1.35 bits per heavy atom. The summed E-state index contributed by atoms with van der Waals surface area (Å²) >= 11 is 1.66. The lowest BCUT2D eigenvalue weighted by atomic mass is 10.0. The summed E-state index contributed by atoms with van der Waals surface area (Å²) in [5.74, 6) is 1.03. The molecule has 0 radical (unpaired) electrons. The van der Waals surface area contributed by atoms with Gasteiger partial charge in [-0.2, -0.15) is 0 Å². The second-order valence-corrected chi connectivity index (χ2v) is 7.17. The summed E-state index contributed by atoms with van der Waals surface area (Å²) in [6.45, 7) is 9.35. The van der Waals surface area contributed by atoms with E-state index in [9.17, 15) is 4.79 Å². The molecule has 0 bridgehead atoms. The molecule has 0 aromatic rings. The van der Waals surface area contributed by atoms with Crippen LogP contribution in [0.25, 0.3) is 0 Å². The number of hydrogen-bond donors (Lipinski definition) is 2. The van der Waals surface area contributed by atoms with Gasteiger partial charge >= 0.3 is 0 Å². The maximum absolute atomic E-state index is 11.6. The molecular formula is C13H27NO2S. The molecule has 0 fully saturated rings. The van der Waals surface area contributed by atoms with Gasteiger partial charge in [0.25, 0.3) is 0 Å². The van der Waals surface area contributed by atoms with Crippen molar-refractivity contribution in [3.63, 3.8) is 0 Å². The average Bonchev–Trinajstić information content (AvgIpc) is 2.23. The minimum absolute atomic E-state index is 0.101. The molecule has 0 aliphatic heterocycles. The second-order valence-electron chi connectivity index (χ2n) is 5.37. The molecule has 0 aromatic carbocycles. The molecule has 2 N–H and O–H groups in total. The highest BCUT2D eigenvalue weighted by molar-refractivity contribution is 8.01. The third-order valence-electron chi connectivity index (χ3n) is 2.46. The largest absolute Gasteiger partial charge is 0.396 e. The molecular weight excluding hydrogens is 234 g/mol. The summed E-state index contributed by atoms with van der Waals surface area (Å²) in [4.78, 5) is 11.6. The van der Waals surface area contributed by atoms with Crippen molar-refractivity contribution in [3.8, 4) is 0 Å². The number of nitrogens with one attached hydrogen (secondary N) is 1. The van der Waals surface area contributed by atoms with Gasteiger partial charge in [-0.05, 0) is 18.8 Å². The lowest BCUT2D eigenvalue weighted by Crippen LogP contribution is -2.32. The highest BCUT2D eigenvalue weighted by atomic mass is 32.2. The zero-order valence-corrected chi connectivity index (χ0v) is 12.4. The van der Waals surface area contributed by atoms with Gasteiger partial charge in [-0.1, -0.05) is 34.1 Å². The highest BCUT2D eigenvalue weighted by Gasteiger charge is 2.14. The first-order valence-electron chi connectivity index (χ1n) is 6.40. The number of aliphatic hydroxyl groups excluding tert-OH is 1. The Kier molecular flexibility index (Phi) is 8.70. The molecule has 0 saturated heterocycles. The SMILES string of the molecule is CCCC(CCO)CNC(=O)CSC(C)(C)C. The average molecular weight is 261 g/mol. The van der Waals surface area contributed by atoms with Crippen molar-refractivity contribution in [2.45, 2.75) is 51.7 Å². The van der Waals surface area contributed by atoms with E-state index in [1.165, 1.54) is 0 Å². The Bertz CT molecular complexity index is 208. The van der Waals surface area contributed by atoms with Crippen LogP contribution in [-0.4, -0.2) is 34.7 Å². The maximum atomic E-state index is 11.6. The van der Waals surface area contributed by atoms with Gasteiger partial charge in [-0.15, -0.1) is 11.8 Å². The number of amides is 1. The van der Waals surface area contributed by atoms with Crippen molar-refractivity contribution in [1.29, 1.82) is 0 Å². The summed E-state index contributed by atoms with van der Waals surface area (Å²) in [7, 11) is 0. The van der Waals surface area contributed by atoms with E-state index in [1.54, 1.807) is 11.8 Å². The van der Waals surface area contributed by atoms with E-state index in [0.29, 0.717) is 18.2 Å². The van der Waals surface area contributed by atoms with Gasteiger partial charge in [-0.25, -0.2) is 0 Å². The molecule has 3 nitrogen and oxygen atoms in total. The Labute approximate surface area is 110 Å². The third-order valence-corrected chi connectivity index (χ3v) is 3.73. The minimum Gasteiger partial charge on any atom is -0.396 e. The minimum atomic E-state index is 0.101. The van der Waals surface area contributed by atoms with Gasteiger partial charge in [-0.3, -0.25) is 4.79 Å². The lowest BCUT2D eigenvalue weighted by molar-refractivity contribution is -0.118. The van der Waals surface area contributed by atoms with Crippen LogP contribution in [0.4, 0.5) is 0 Å². The van der Waals surface area contributed by atoms with Crippen molar-refractivity contribution >= 4 is 17.7 Å². The zero-order valence-electron chi connectivity index (χ0n) is 11.6. The molecule has 4 heteroatoms. The van der Waals surface area contributed by atoms with Crippen LogP contribution in [0.3, 0.4) is 0 Å². The number of carbonyl (C=O) groups excluding carboxylic acids is 1. The van der Waals surface area contributed by atoms with E-state index >= 15 is 0 Å². The van der Waals surface area contributed by atoms with Gasteiger partial charge < -0.3 is 10.4 Å². The zero-order chi connectivity index (χ0) is 13.3. The van der Waals surface area contributed by atoms with E-state index in [0.717, 1.165) is 19.3 Å². The Hall–Kier alpha value is -0.220. The molecule has 0 spiro atoms. The summed E-state index contributed by atoms with van der Waals surface area (Å²) in [5, 5.41) is 11.9. The van der Waals surface area contributed by atoms with E-state index in [2.05, 4.69) is 33.0 Å². The first-order chi connectivity index (χ1) is 7.89. The van der Waals surface area contributed by atoms with Crippen molar-refractivity contribution in [2.75, 3.05) is 18.9 Å². The van der Waals surface area contributed by atoms with Crippen LogP contribution >= 0.6 is 11.8 Å². The second kappa shape index (κ2) is 8.81. The number of thioether (sulfide) groups is 1. The predicted octanol–water partition coefficient (Wildman–Crippen LogP) is 2.43. The Morgan fingerprint density at radius 2 is 2.00 bits per heavy atom. The van der Waals surface area contributed by atoms with Crippen LogP contribution in [0.15, 0.2) is 0 Å². The van der Waals surface area contributed by atoms with Crippen molar-refractivity contribution < 1.29 is 9.90 Å². The molecule has 0 heterocycles. The fourth-order valence-electron chi connectivity index (χ4n) is 1.53. The fraction of sp³-hybridized carbons (Fsp3) is 0.923. The van der Waals surface area contributed by atoms with Gasteiger partial charge in [0.1, 0.15) is 0 Å². The number of carbonyl (C=O) groups is 1. The van der Waals surface area contributed by atoms with E-state index in [1.807, 2.05) is 0 Å². The lowest BCUT2D eigenvalue weighted by Gasteiger charge is -2.19. The van der Waals surface area contributed by atoms with Crippen molar-refractivity contribution in [3.05, 3.63) is 0 Å². The fourth-order valence-corrected chi connectivity index (χ4v) is 2.20. The quantitative estimate of drug-likeness (QED) is 0.705. The monoisotopic (exact) mass is 261 g/mol. The van der Waals surface area contributed by atoms with E-state index in [4.69, 9.17) is 5.11 Å². The standard InChI is InChI=1S/C13H27NO2S/c1-5-6-11(7-8-15)9-14-12(16)10-17-13(2,3)4/h11,15H,5-10H2,1-4H3,(H,14,16). The van der Waals surface area contributed by atoms with Gasteiger partial charge in [0.2, 0.25) is 5.91 Å². The third kappa shape index (κ3) is 10.6. The normalized spacial score (nSPS) is 13.5. The van der Waals surface area contributed by atoms with Crippen molar-refractivity contribution in [2.24, 2.45) is 5.92 Å². The van der Waals surface area contributed by atoms with E-state index in [-0.39, 0.29) is 17.3 Å². The van der Waals surface area contributed by atoms with Crippen LogP contribution < -0.4 is 5.32 Å². The molecule has 102 valence electrons. The molecule has 17 heavy (non-hydrogen) atoms. The summed E-state index contributed by atoms with van der Waals surface area (Å²) in [6, 6.07) is 0. The van der Waals surface area contributed by atoms with Crippen LogP contribution in [0.1, 0.15) is 47.0 Å². The Morgan fingerprint density at radius 3 is 2.47 bits per heavy atom. The molecule has 1 atom stereocenters. The molecule has 0 saturated carbocycles. The van der Waals surface area contributed by atoms with Gasteiger partial charge in [0, 0.05) is 17.9 Å². The molecule has 0 aromatic heterocycles. The summed E-state index contributed by atoms with van der Waals surface area (Å²) < 4.78 is 0.130. The molecule has 0 rings (SSSR count). The maximum Gasteiger partial charge on any atom is 0.230 e. The van der Waals surface area contributed by atoms with Crippen LogP contribution in [-0.2, 0) is 4.79 Å². The van der Waals surface area contributed by atoms with Crippen LogP contribution in [0.2, 0.25) is 0 Å². The predicted molar refractivity (Wildman–Crippen MR) is 75.3 cm³/mol. The molecule has 0 aliphatic carbocycles. The molecule has 0 aliphatic rings. The first kappa shape index (κ1) is 16.8. The molecule has 1 unspecified atom stereocenters. The van der Waals surface area contributed by atoms with E-state index < -0.39 is 0 Å².